The molecule has 0 bridgehead atoms. The van der Waals surface area contributed by atoms with Crippen molar-refractivity contribution in [2.75, 3.05) is 13.2 Å². The van der Waals surface area contributed by atoms with E-state index in [1.165, 1.54) is 4.70 Å². The molecule has 1 N–H and O–H groups in total. The molecule has 0 spiro atoms. The molecule has 0 atom stereocenters. The molecule has 5 nitrogen and oxygen atoms in total. The minimum absolute atomic E-state index is 0.289. The zero-order valence-electron chi connectivity index (χ0n) is 17.3. The highest BCUT2D eigenvalue weighted by atomic mass is 32.2. The topological polar surface area (TPSA) is 68.3 Å². The number of hydrogen-bond donors (Lipinski definition) is 1. The van der Waals surface area contributed by atoms with E-state index in [0.717, 1.165) is 33.2 Å². The van der Waals surface area contributed by atoms with E-state index < -0.39 is 5.97 Å². The third kappa shape index (κ3) is 6.18. The molecule has 0 saturated carbocycles. The predicted molar refractivity (Wildman–Crippen MR) is 129 cm³/mol. The molecule has 0 unspecified atom stereocenters. The Morgan fingerprint density at radius 1 is 0.906 bits per heavy atom. The van der Waals surface area contributed by atoms with Crippen molar-refractivity contribution in [2.24, 2.45) is 0 Å². The van der Waals surface area contributed by atoms with Gasteiger partial charge in [0.25, 0.3) is 5.91 Å². The molecule has 0 saturated heterocycles. The zero-order chi connectivity index (χ0) is 22.2. The molecule has 3 aromatic carbocycles. The third-order valence-corrected chi connectivity index (χ3v) is 6.99. The van der Waals surface area contributed by atoms with Crippen LogP contribution < -0.4 is 5.32 Å². The number of carbonyl (C=O) groups excluding carboxylic acids is 2. The van der Waals surface area contributed by atoms with Crippen LogP contribution in [0.5, 0.6) is 0 Å². The summed E-state index contributed by atoms with van der Waals surface area (Å²) in [6.07, 6.45) is 0.733. The lowest BCUT2D eigenvalue weighted by Crippen LogP contribution is -2.30. The maximum atomic E-state index is 12.2. The van der Waals surface area contributed by atoms with Gasteiger partial charge in [-0.25, -0.2) is 9.78 Å². The highest BCUT2D eigenvalue weighted by Gasteiger charge is 2.11. The van der Waals surface area contributed by atoms with Crippen molar-refractivity contribution in [1.82, 2.24) is 10.3 Å². The second-order valence-corrected chi connectivity index (χ2v) is 9.35. The predicted octanol–water partition coefficient (Wildman–Crippen LogP) is 5.10. The van der Waals surface area contributed by atoms with Crippen LogP contribution in [0.3, 0.4) is 0 Å². The monoisotopic (exact) mass is 462 g/mol. The average molecular weight is 463 g/mol. The fraction of sp³-hybridized carbons (Fsp3) is 0.160. The van der Waals surface area contributed by atoms with E-state index in [0.29, 0.717) is 12.1 Å². The quantitative estimate of drug-likeness (QED) is 0.277. The van der Waals surface area contributed by atoms with Crippen LogP contribution in [0.1, 0.15) is 21.5 Å². The van der Waals surface area contributed by atoms with Crippen LogP contribution in [0.25, 0.3) is 10.2 Å². The summed E-state index contributed by atoms with van der Waals surface area (Å²) in [6.45, 7) is 0.213. The molecule has 162 valence electrons. The number of amides is 1. The summed E-state index contributed by atoms with van der Waals surface area (Å²) in [5.74, 6) is -0.0504. The fourth-order valence-electron chi connectivity index (χ4n) is 3.05. The Morgan fingerprint density at radius 2 is 1.66 bits per heavy atom. The summed E-state index contributed by atoms with van der Waals surface area (Å²) < 4.78 is 7.33. The molecular formula is C25H22N2O3S2. The lowest BCUT2D eigenvalue weighted by atomic mass is 10.1. The van der Waals surface area contributed by atoms with Gasteiger partial charge < -0.3 is 10.1 Å². The van der Waals surface area contributed by atoms with Crippen LogP contribution in [0, 0.1) is 0 Å². The summed E-state index contributed by atoms with van der Waals surface area (Å²) in [5.41, 5.74) is 3.67. The second kappa shape index (κ2) is 10.9. The first-order valence-electron chi connectivity index (χ1n) is 10.2. The largest absolute Gasteiger partial charge is 0.452 e. The lowest BCUT2D eigenvalue weighted by molar-refractivity contribution is -0.124. The highest BCUT2D eigenvalue weighted by molar-refractivity contribution is 8.00. The van der Waals surface area contributed by atoms with Gasteiger partial charge in [-0.1, -0.05) is 66.4 Å². The van der Waals surface area contributed by atoms with Crippen LogP contribution in [-0.2, 0) is 21.7 Å². The van der Waals surface area contributed by atoms with E-state index in [2.05, 4.69) is 16.4 Å². The summed E-state index contributed by atoms with van der Waals surface area (Å²) in [6, 6.07) is 25.2. The molecule has 4 aromatic rings. The number of fused-ring (bicyclic) bond motifs is 1. The first-order chi connectivity index (χ1) is 15.7. The number of rotatable bonds is 9. The van der Waals surface area contributed by atoms with Crippen LogP contribution in [0.15, 0.2) is 83.2 Å². The molecular weight excluding hydrogens is 440 g/mol. The molecule has 0 fully saturated rings. The number of hydrogen-bond acceptors (Lipinski definition) is 6. The van der Waals surface area contributed by atoms with E-state index in [1.807, 2.05) is 60.7 Å². The normalized spacial score (nSPS) is 10.8. The van der Waals surface area contributed by atoms with Crippen LogP contribution in [0.2, 0.25) is 0 Å². The summed E-state index contributed by atoms with van der Waals surface area (Å²) in [7, 11) is 0. The van der Waals surface area contributed by atoms with E-state index in [4.69, 9.17) is 4.74 Å². The molecule has 0 radical (unpaired) electrons. The molecule has 0 aliphatic rings. The second-order valence-electron chi connectivity index (χ2n) is 7.09. The minimum atomic E-state index is -0.506. The maximum absolute atomic E-state index is 12.2. The lowest BCUT2D eigenvalue weighted by Gasteiger charge is -2.07. The van der Waals surface area contributed by atoms with Crippen LogP contribution >= 0.6 is 23.1 Å². The average Bonchev–Trinajstić information content (AvgIpc) is 3.25. The van der Waals surface area contributed by atoms with Crippen molar-refractivity contribution in [3.8, 4) is 0 Å². The maximum Gasteiger partial charge on any atom is 0.338 e. The van der Waals surface area contributed by atoms with Crippen molar-refractivity contribution in [3.63, 3.8) is 0 Å². The van der Waals surface area contributed by atoms with Crippen molar-refractivity contribution in [1.29, 1.82) is 0 Å². The highest BCUT2D eigenvalue weighted by Crippen LogP contribution is 2.31. The molecule has 7 heteroatoms. The SMILES string of the molecule is O=C(COC(=O)c1ccc(CSc2nc3ccccc3s2)cc1)NCCc1ccccc1. The van der Waals surface area contributed by atoms with Crippen molar-refractivity contribution in [3.05, 3.63) is 95.6 Å². The van der Waals surface area contributed by atoms with Gasteiger partial charge in [-0.3, -0.25) is 4.79 Å². The number of esters is 1. The zero-order valence-corrected chi connectivity index (χ0v) is 19.0. The molecule has 4 rings (SSSR count). The van der Waals surface area contributed by atoms with Crippen LogP contribution in [0.4, 0.5) is 0 Å². The van der Waals surface area contributed by atoms with Crippen molar-refractivity contribution in [2.45, 2.75) is 16.5 Å². The summed E-state index contributed by atoms with van der Waals surface area (Å²) in [4.78, 5) is 28.8. The van der Waals surface area contributed by atoms with Crippen molar-refractivity contribution < 1.29 is 14.3 Å². The summed E-state index contributed by atoms with van der Waals surface area (Å²) in [5, 5.41) is 2.77. The van der Waals surface area contributed by atoms with E-state index in [-0.39, 0.29) is 12.5 Å². The first kappa shape index (κ1) is 22.0. The number of carbonyl (C=O) groups is 2. The number of ether oxygens (including phenoxy) is 1. The van der Waals surface area contributed by atoms with Gasteiger partial charge in [0.05, 0.1) is 15.8 Å². The Kier molecular flexibility index (Phi) is 7.53. The number of benzene rings is 3. The number of para-hydroxylation sites is 1. The molecule has 1 amide bonds. The van der Waals surface area contributed by atoms with E-state index in [1.54, 1.807) is 35.2 Å². The number of aromatic nitrogens is 1. The number of nitrogens with one attached hydrogen (secondary N) is 1. The van der Waals surface area contributed by atoms with Gasteiger partial charge in [-0.15, -0.1) is 11.3 Å². The fourth-order valence-corrected chi connectivity index (χ4v) is 5.08. The van der Waals surface area contributed by atoms with Gasteiger partial charge in [0, 0.05) is 12.3 Å². The Bertz CT molecular complexity index is 1160. The van der Waals surface area contributed by atoms with Gasteiger partial charge in [0.1, 0.15) is 0 Å². The van der Waals surface area contributed by atoms with Gasteiger partial charge in [0.15, 0.2) is 10.9 Å². The molecule has 1 heterocycles. The van der Waals surface area contributed by atoms with E-state index in [9.17, 15) is 9.59 Å². The van der Waals surface area contributed by atoms with Gasteiger partial charge in [-0.2, -0.15) is 0 Å². The molecule has 0 aliphatic heterocycles. The molecule has 32 heavy (non-hydrogen) atoms. The van der Waals surface area contributed by atoms with Gasteiger partial charge in [0.2, 0.25) is 0 Å². The number of thioether (sulfide) groups is 1. The molecule has 0 aliphatic carbocycles. The Morgan fingerprint density at radius 3 is 2.44 bits per heavy atom. The Balaban J connectivity index is 1.20. The number of thiazole rings is 1. The summed E-state index contributed by atoms with van der Waals surface area (Å²) >= 11 is 3.35. The first-order valence-corrected chi connectivity index (χ1v) is 12.0. The minimum Gasteiger partial charge on any atom is -0.452 e. The smallest absolute Gasteiger partial charge is 0.338 e. The number of nitrogens with zero attached hydrogens (tertiary/aromatic N) is 1. The van der Waals surface area contributed by atoms with Crippen LogP contribution in [-0.4, -0.2) is 30.0 Å². The molecule has 1 aromatic heterocycles. The van der Waals surface area contributed by atoms with Crippen molar-refractivity contribution >= 4 is 45.2 Å². The Labute approximate surface area is 194 Å². The van der Waals surface area contributed by atoms with Gasteiger partial charge in [-0.05, 0) is 41.8 Å². The standard InChI is InChI=1S/C25H22N2O3S2/c28-23(26-15-14-18-6-2-1-3-7-18)16-30-24(29)20-12-10-19(11-13-20)17-31-25-27-21-8-4-5-9-22(21)32-25/h1-13H,14-17H2,(H,26,28). The van der Waals surface area contributed by atoms with Gasteiger partial charge >= 0.3 is 5.97 Å². The Hall–Kier alpha value is -3.16. The third-order valence-electron chi connectivity index (χ3n) is 4.74. The van der Waals surface area contributed by atoms with E-state index >= 15 is 0 Å².